The number of carbonyl (C=O) groups excluding carboxylic acids is 1. The molecule has 0 saturated carbocycles. The van der Waals surface area contributed by atoms with Crippen molar-refractivity contribution in [2.24, 2.45) is 0 Å². The number of nitrogens with one attached hydrogen (secondary N) is 1. The molecule has 2 N–H and O–H groups in total. The van der Waals surface area contributed by atoms with Gasteiger partial charge in [-0.1, -0.05) is 13.0 Å². The van der Waals surface area contributed by atoms with Crippen molar-refractivity contribution in [1.29, 1.82) is 0 Å². The summed E-state index contributed by atoms with van der Waals surface area (Å²) < 4.78 is 0. The molecule has 1 amide bonds. The third-order valence-electron chi connectivity index (χ3n) is 1.08. The molecule has 0 aromatic rings. The highest BCUT2D eigenvalue weighted by Gasteiger charge is 1.92. The Labute approximate surface area is 67.1 Å². The van der Waals surface area contributed by atoms with Crippen molar-refractivity contribution in [1.82, 2.24) is 5.32 Å². The lowest BCUT2D eigenvalue weighted by Crippen LogP contribution is -2.21. The summed E-state index contributed by atoms with van der Waals surface area (Å²) in [6, 6.07) is 0. The van der Waals surface area contributed by atoms with E-state index in [-0.39, 0.29) is 5.91 Å². The van der Waals surface area contributed by atoms with Crippen LogP contribution in [0.25, 0.3) is 0 Å². The van der Waals surface area contributed by atoms with Gasteiger partial charge in [0.25, 0.3) is 0 Å². The van der Waals surface area contributed by atoms with E-state index in [1.54, 1.807) is 6.92 Å². The maximum atomic E-state index is 10.8. The molecule has 0 saturated heterocycles. The van der Waals surface area contributed by atoms with Crippen LogP contribution in [0.15, 0.2) is 12.2 Å². The summed E-state index contributed by atoms with van der Waals surface area (Å²) in [5.41, 5.74) is 0. The van der Waals surface area contributed by atoms with Gasteiger partial charge in [-0.3, -0.25) is 4.79 Å². The topological polar surface area (TPSA) is 49.3 Å². The van der Waals surface area contributed by atoms with E-state index in [0.717, 1.165) is 6.42 Å². The van der Waals surface area contributed by atoms with Crippen LogP contribution in [0.2, 0.25) is 0 Å². The Hall–Kier alpha value is -0.830. The minimum atomic E-state index is -0.553. The van der Waals surface area contributed by atoms with Crippen molar-refractivity contribution in [2.75, 3.05) is 6.54 Å². The van der Waals surface area contributed by atoms with Gasteiger partial charge in [-0.2, -0.15) is 0 Å². The van der Waals surface area contributed by atoms with Crippen LogP contribution < -0.4 is 5.32 Å². The van der Waals surface area contributed by atoms with Gasteiger partial charge in [0.15, 0.2) is 0 Å². The number of aliphatic hydroxyl groups is 1. The second kappa shape index (κ2) is 5.92. The Balaban J connectivity index is 3.51. The molecule has 11 heavy (non-hydrogen) atoms. The zero-order chi connectivity index (χ0) is 8.69. The van der Waals surface area contributed by atoms with Crippen molar-refractivity contribution >= 4 is 5.91 Å². The lowest BCUT2D eigenvalue weighted by molar-refractivity contribution is -0.116. The van der Waals surface area contributed by atoms with Crippen LogP contribution in [-0.2, 0) is 4.79 Å². The highest BCUT2D eigenvalue weighted by molar-refractivity contribution is 5.87. The van der Waals surface area contributed by atoms with Gasteiger partial charge in [0.05, 0.1) is 6.10 Å². The van der Waals surface area contributed by atoms with E-state index in [0.29, 0.717) is 6.54 Å². The third kappa shape index (κ3) is 7.06. The van der Waals surface area contributed by atoms with Gasteiger partial charge in [-0.15, -0.1) is 0 Å². The Bertz CT molecular complexity index is 141. The van der Waals surface area contributed by atoms with Gasteiger partial charge in [-0.25, -0.2) is 0 Å². The van der Waals surface area contributed by atoms with Crippen LogP contribution in [0.4, 0.5) is 0 Å². The number of amides is 1. The molecule has 0 aromatic heterocycles. The fraction of sp³-hybridized carbons (Fsp3) is 0.625. The summed E-state index contributed by atoms with van der Waals surface area (Å²) in [6.45, 7) is 4.27. The molecule has 1 unspecified atom stereocenters. The first-order chi connectivity index (χ1) is 5.16. The Morgan fingerprint density at radius 1 is 1.73 bits per heavy atom. The molecule has 3 heteroatoms. The standard InChI is InChI=1S/C8H15NO2/c1-3-6-9-8(11)5-4-7(2)10/h4-5,7,10H,3,6H2,1-2H3,(H,9,11)/b5-4-. The summed E-state index contributed by atoms with van der Waals surface area (Å²) >= 11 is 0. The predicted molar refractivity (Wildman–Crippen MR) is 44.1 cm³/mol. The van der Waals surface area contributed by atoms with Crippen LogP contribution in [0.3, 0.4) is 0 Å². The molecule has 0 bridgehead atoms. The molecule has 0 fully saturated rings. The van der Waals surface area contributed by atoms with Crippen molar-refractivity contribution in [3.05, 3.63) is 12.2 Å². The van der Waals surface area contributed by atoms with Gasteiger partial charge < -0.3 is 10.4 Å². The van der Waals surface area contributed by atoms with Crippen LogP contribution >= 0.6 is 0 Å². The molecule has 0 radical (unpaired) electrons. The Kier molecular flexibility index (Phi) is 5.47. The largest absolute Gasteiger partial charge is 0.389 e. The summed E-state index contributed by atoms with van der Waals surface area (Å²) in [5, 5.41) is 11.4. The van der Waals surface area contributed by atoms with Crippen molar-refractivity contribution in [3.8, 4) is 0 Å². The van der Waals surface area contributed by atoms with Crippen LogP contribution in [0.5, 0.6) is 0 Å². The number of aliphatic hydroxyl groups excluding tert-OH is 1. The number of rotatable bonds is 4. The second-order valence-corrected chi connectivity index (χ2v) is 2.39. The molecular weight excluding hydrogens is 142 g/mol. The maximum absolute atomic E-state index is 10.8. The first kappa shape index (κ1) is 10.2. The van der Waals surface area contributed by atoms with E-state index in [2.05, 4.69) is 5.32 Å². The first-order valence-electron chi connectivity index (χ1n) is 3.81. The quantitative estimate of drug-likeness (QED) is 0.582. The van der Waals surface area contributed by atoms with E-state index in [1.165, 1.54) is 12.2 Å². The molecule has 64 valence electrons. The summed E-state index contributed by atoms with van der Waals surface area (Å²) in [4.78, 5) is 10.8. The molecule has 0 aliphatic carbocycles. The predicted octanol–water partition coefficient (Wildman–Crippen LogP) is 0.450. The monoisotopic (exact) mass is 157 g/mol. The molecule has 1 atom stereocenters. The van der Waals surface area contributed by atoms with Crippen LogP contribution in [-0.4, -0.2) is 23.7 Å². The van der Waals surface area contributed by atoms with E-state index in [1.807, 2.05) is 6.92 Å². The zero-order valence-electron chi connectivity index (χ0n) is 7.00. The maximum Gasteiger partial charge on any atom is 0.243 e. The van der Waals surface area contributed by atoms with Gasteiger partial charge in [-0.05, 0) is 13.3 Å². The Morgan fingerprint density at radius 2 is 2.36 bits per heavy atom. The highest BCUT2D eigenvalue weighted by Crippen LogP contribution is 1.82. The molecule has 0 aliphatic rings. The SMILES string of the molecule is CCCNC(=O)/C=C\C(C)O. The van der Waals surface area contributed by atoms with Crippen molar-refractivity contribution < 1.29 is 9.90 Å². The van der Waals surface area contributed by atoms with Gasteiger partial charge in [0, 0.05) is 12.6 Å². The molecule has 0 heterocycles. The molecule has 0 rings (SSSR count). The number of hydrogen-bond acceptors (Lipinski definition) is 2. The molecule has 3 nitrogen and oxygen atoms in total. The van der Waals surface area contributed by atoms with Crippen LogP contribution in [0.1, 0.15) is 20.3 Å². The lowest BCUT2D eigenvalue weighted by atomic mass is 10.3. The summed E-state index contributed by atoms with van der Waals surface area (Å²) in [5.74, 6) is -0.146. The molecule has 0 aliphatic heterocycles. The first-order valence-corrected chi connectivity index (χ1v) is 3.81. The van der Waals surface area contributed by atoms with Gasteiger partial charge in [0.1, 0.15) is 0 Å². The van der Waals surface area contributed by atoms with E-state index < -0.39 is 6.10 Å². The summed E-state index contributed by atoms with van der Waals surface area (Å²) in [7, 11) is 0. The summed E-state index contributed by atoms with van der Waals surface area (Å²) in [6.07, 6.45) is 3.17. The molecule has 0 spiro atoms. The number of carbonyl (C=O) groups is 1. The van der Waals surface area contributed by atoms with Crippen LogP contribution in [0, 0.1) is 0 Å². The van der Waals surface area contributed by atoms with Crippen molar-refractivity contribution in [2.45, 2.75) is 26.4 Å². The minimum absolute atomic E-state index is 0.146. The number of hydrogen-bond donors (Lipinski definition) is 2. The Morgan fingerprint density at radius 3 is 2.82 bits per heavy atom. The second-order valence-electron chi connectivity index (χ2n) is 2.39. The normalized spacial score (nSPS) is 13.4. The highest BCUT2D eigenvalue weighted by atomic mass is 16.3. The average Bonchev–Trinajstić information content (AvgIpc) is 1.97. The average molecular weight is 157 g/mol. The van der Waals surface area contributed by atoms with Gasteiger partial charge in [0.2, 0.25) is 5.91 Å². The fourth-order valence-electron chi connectivity index (χ4n) is 0.534. The minimum Gasteiger partial charge on any atom is -0.389 e. The van der Waals surface area contributed by atoms with Gasteiger partial charge >= 0.3 is 0 Å². The smallest absolute Gasteiger partial charge is 0.243 e. The fourth-order valence-corrected chi connectivity index (χ4v) is 0.534. The van der Waals surface area contributed by atoms with E-state index in [4.69, 9.17) is 5.11 Å². The van der Waals surface area contributed by atoms with Crippen molar-refractivity contribution in [3.63, 3.8) is 0 Å². The zero-order valence-corrected chi connectivity index (χ0v) is 7.00. The molecule has 0 aromatic carbocycles. The lowest BCUT2D eigenvalue weighted by Gasteiger charge is -1.97. The van der Waals surface area contributed by atoms with E-state index in [9.17, 15) is 4.79 Å². The van der Waals surface area contributed by atoms with E-state index >= 15 is 0 Å². The third-order valence-corrected chi connectivity index (χ3v) is 1.08. The molecular formula is C8H15NO2.